The van der Waals surface area contributed by atoms with Crippen LogP contribution < -0.4 is 10.6 Å². The first-order valence-corrected chi connectivity index (χ1v) is 7.59. The average Bonchev–Trinajstić information content (AvgIpc) is 2.51. The molecule has 25 heavy (non-hydrogen) atoms. The summed E-state index contributed by atoms with van der Waals surface area (Å²) in [5.41, 5.74) is 4.84. The number of nitrogens with zero attached hydrogens (tertiary/aromatic N) is 2. The summed E-state index contributed by atoms with van der Waals surface area (Å²) in [5.74, 6) is -1.62. The van der Waals surface area contributed by atoms with Crippen LogP contribution in [0.4, 0.5) is 32.0 Å². The molecule has 0 spiro atoms. The van der Waals surface area contributed by atoms with Gasteiger partial charge in [-0.3, -0.25) is 4.98 Å². The number of halogens is 6. The molecule has 1 aliphatic heterocycles. The third kappa shape index (κ3) is 3.51. The molecule has 3 nitrogen and oxygen atoms in total. The van der Waals surface area contributed by atoms with E-state index in [2.05, 4.69) is 4.98 Å². The minimum Gasteiger partial charge on any atom is -0.369 e. The number of anilines is 1. The molecule has 0 aliphatic carbocycles. The van der Waals surface area contributed by atoms with Crippen LogP contribution in [0.15, 0.2) is 30.5 Å². The Labute approximate surface area is 139 Å². The van der Waals surface area contributed by atoms with Crippen LogP contribution in [0.5, 0.6) is 0 Å². The molecular weight excluding hydrogens is 348 g/mol. The summed E-state index contributed by atoms with van der Waals surface area (Å²) < 4.78 is 78.7. The summed E-state index contributed by atoms with van der Waals surface area (Å²) >= 11 is 0. The first-order chi connectivity index (χ1) is 11.6. The third-order valence-corrected chi connectivity index (χ3v) is 4.34. The van der Waals surface area contributed by atoms with E-state index in [-0.39, 0.29) is 36.1 Å². The largest absolute Gasteiger partial charge is 0.418 e. The lowest BCUT2D eigenvalue weighted by molar-refractivity contribution is -0.177. The van der Waals surface area contributed by atoms with Crippen LogP contribution in [-0.2, 0) is 6.18 Å². The van der Waals surface area contributed by atoms with Gasteiger partial charge in [0.2, 0.25) is 0 Å². The van der Waals surface area contributed by atoms with Crippen LogP contribution in [-0.4, -0.2) is 30.3 Å². The van der Waals surface area contributed by atoms with Gasteiger partial charge in [0.25, 0.3) is 0 Å². The van der Waals surface area contributed by atoms with Gasteiger partial charge < -0.3 is 10.6 Å². The second kappa shape index (κ2) is 6.05. The zero-order valence-electron chi connectivity index (χ0n) is 12.9. The highest BCUT2D eigenvalue weighted by molar-refractivity contribution is 5.94. The number of hydrogen-bond acceptors (Lipinski definition) is 3. The van der Waals surface area contributed by atoms with E-state index in [9.17, 15) is 26.3 Å². The smallest absolute Gasteiger partial charge is 0.369 e. The van der Waals surface area contributed by atoms with E-state index in [0.29, 0.717) is 0 Å². The fourth-order valence-electron chi connectivity index (χ4n) is 3.23. The Bertz CT molecular complexity index is 771. The zero-order valence-corrected chi connectivity index (χ0v) is 12.9. The molecule has 2 atom stereocenters. The van der Waals surface area contributed by atoms with Crippen molar-refractivity contribution in [3.05, 3.63) is 36.0 Å². The van der Waals surface area contributed by atoms with Crippen molar-refractivity contribution in [2.45, 2.75) is 24.8 Å². The summed E-state index contributed by atoms with van der Waals surface area (Å²) in [6.07, 6.45) is -7.98. The highest BCUT2D eigenvalue weighted by atomic mass is 19.4. The number of alkyl halides is 6. The summed E-state index contributed by atoms with van der Waals surface area (Å²) in [6, 6.07) is 4.22. The molecular formula is C16H15F6N3. The highest BCUT2D eigenvalue weighted by Gasteiger charge is 2.44. The van der Waals surface area contributed by atoms with Gasteiger partial charge >= 0.3 is 12.4 Å². The lowest BCUT2D eigenvalue weighted by atomic mass is 9.93. The van der Waals surface area contributed by atoms with E-state index in [0.717, 1.165) is 6.07 Å². The predicted molar refractivity (Wildman–Crippen MR) is 81.1 cm³/mol. The Balaban J connectivity index is 2.07. The standard InChI is InChI=1S/C16H15F6N3/c17-15(18,19)9-6-10(23)8-25(7-9)13-4-3-12(16(20,21)22)14-11(13)2-1-5-24-14/h1-5,9-10H,6-8,23H2/t9-,10+/m0/s1. The zero-order chi connectivity index (χ0) is 18.4. The van der Waals surface area contributed by atoms with Gasteiger partial charge in [-0.1, -0.05) is 0 Å². The molecule has 1 saturated heterocycles. The van der Waals surface area contributed by atoms with Crippen LogP contribution in [0.3, 0.4) is 0 Å². The molecule has 0 radical (unpaired) electrons. The number of benzene rings is 1. The van der Waals surface area contributed by atoms with Gasteiger partial charge in [0.15, 0.2) is 0 Å². The average molecular weight is 363 g/mol. The summed E-state index contributed by atoms with van der Waals surface area (Å²) in [4.78, 5) is 5.19. The van der Waals surface area contributed by atoms with Gasteiger partial charge in [-0.2, -0.15) is 26.3 Å². The Kier molecular flexibility index (Phi) is 4.30. The minimum atomic E-state index is -4.60. The highest BCUT2D eigenvalue weighted by Crippen LogP contribution is 2.40. The number of pyridine rings is 1. The Morgan fingerprint density at radius 3 is 2.40 bits per heavy atom. The molecule has 1 aliphatic rings. The van der Waals surface area contributed by atoms with Gasteiger partial charge in [-0.25, -0.2) is 0 Å². The number of nitrogens with two attached hydrogens (primary N) is 1. The van der Waals surface area contributed by atoms with Gasteiger partial charge in [-0.15, -0.1) is 0 Å². The van der Waals surface area contributed by atoms with Crippen LogP contribution in [0.2, 0.25) is 0 Å². The lowest BCUT2D eigenvalue weighted by Crippen LogP contribution is -2.51. The third-order valence-electron chi connectivity index (χ3n) is 4.34. The van der Waals surface area contributed by atoms with Crippen molar-refractivity contribution in [1.29, 1.82) is 0 Å². The maximum atomic E-state index is 13.1. The van der Waals surface area contributed by atoms with Gasteiger partial charge in [0.1, 0.15) is 0 Å². The molecule has 2 heterocycles. The minimum absolute atomic E-state index is 0.141. The van der Waals surface area contributed by atoms with Crippen molar-refractivity contribution in [3.8, 4) is 0 Å². The topological polar surface area (TPSA) is 42.1 Å². The van der Waals surface area contributed by atoms with Crippen molar-refractivity contribution in [3.63, 3.8) is 0 Å². The second-order valence-electron chi connectivity index (χ2n) is 6.17. The fourth-order valence-corrected chi connectivity index (χ4v) is 3.23. The van der Waals surface area contributed by atoms with E-state index in [1.807, 2.05) is 0 Å². The van der Waals surface area contributed by atoms with Gasteiger partial charge in [-0.05, 0) is 30.7 Å². The number of rotatable bonds is 1. The molecule has 0 saturated carbocycles. The fraction of sp³-hybridized carbons (Fsp3) is 0.438. The predicted octanol–water partition coefficient (Wildman–Crippen LogP) is 3.97. The van der Waals surface area contributed by atoms with E-state index in [1.54, 1.807) is 0 Å². The molecule has 9 heteroatoms. The van der Waals surface area contributed by atoms with E-state index < -0.39 is 29.9 Å². The van der Waals surface area contributed by atoms with E-state index >= 15 is 0 Å². The second-order valence-corrected chi connectivity index (χ2v) is 6.17. The first kappa shape index (κ1) is 17.8. The number of aromatic nitrogens is 1. The van der Waals surface area contributed by atoms with Crippen molar-refractivity contribution in [2.24, 2.45) is 11.7 Å². The van der Waals surface area contributed by atoms with Crippen LogP contribution in [0.25, 0.3) is 10.9 Å². The van der Waals surface area contributed by atoms with Crippen LogP contribution >= 0.6 is 0 Å². The molecule has 2 N–H and O–H groups in total. The maximum Gasteiger partial charge on any atom is 0.418 e. The molecule has 136 valence electrons. The molecule has 1 fully saturated rings. The van der Waals surface area contributed by atoms with Crippen molar-refractivity contribution in [1.82, 2.24) is 4.98 Å². The normalized spacial score (nSPS) is 22.4. The molecule has 0 amide bonds. The quantitative estimate of drug-likeness (QED) is 0.780. The van der Waals surface area contributed by atoms with Crippen molar-refractivity contribution >= 4 is 16.6 Å². The van der Waals surface area contributed by atoms with Crippen LogP contribution in [0, 0.1) is 5.92 Å². The van der Waals surface area contributed by atoms with Gasteiger partial charge in [0, 0.05) is 36.4 Å². The van der Waals surface area contributed by atoms with Gasteiger partial charge in [0.05, 0.1) is 17.0 Å². The molecule has 1 aromatic carbocycles. The van der Waals surface area contributed by atoms with E-state index in [1.165, 1.54) is 29.3 Å². The molecule has 3 rings (SSSR count). The molecule has 0 unspecified atom stereocenters. The molecule has 2 aromatic rings. The van der Waals surface area contributed by atoms with Crippen LogP contribution in [0.1, 0.15) is 12.0 Å². The first-order valence-electron chi connectivity index (χ1n) is 7.59. The number of fused-ring (bicyclic) bond motifs is 1. The summed E-state index contributed by atoms with van der Waals surface area (Å²) in [7, 11) is 0. The van der Waals surface area contributed by atoms with E-state index in [4.69, 9.17) is 5.73 Å². The Morgan fingerprint density at radius 2 is 1.76 bits per heavy atom. The van der Waals surface area contributed by atoms with Crippen molar-refractivity contribution < 1.29 is 26.3 Å². The monoisotopic (exact) mass is 363 g/mol. The maximum absolute atomic E-state index is 13.1. The summed E-state index contributed by atoms with van der Waals surface area (Å²) in [6.45, 7) is -0.200. The van der Waals surface area contributed by atoms with Crippen molar-refractivity contribution in [2.75, 3.05) is 18.0 Å². The SMILES string of the molecule is N[C@@H]1C[C@H](C(F)(F)F)CN(c2ccc(C(F)(F)F)c3ncccc23)C1. The molecule has 0 bridgehead atoms. The Hall–Kier alpha value is -2.03. The number of hydrogen-bond donors (Lipinski definition) is 1. The Morgan fingerprint density at radius 1 is 1.04 bits per heavy atom. The molecule has 1 aromatic heterocycles. The lowest BCUT2D eigenvalue weighted by Gasteiger charge is -2.39. The summed E-state index contributed by atoms with van der Waals surface area (Å²) in [5, 5.41) is 0.160. The number of piperidine rings is 1.